The lowest BCUT2D eigenvalue weighted by Crippen LogP contribution is -2.14. The molecule has 0 saturated heterocycles. The van der Waals surface area contributed by atoms with Gasteiger partial charge in [0.05, 0.1) is 10.6 Å². The molecule has 1 aliphatic heterocycles. The highest BCUT2D eigenvalue weighted by Crippen LogP contribution is 2.47. The summed E-state index contributed by atoms with van der Waals surface area (Å²) >= 11 is 3.42. The van der Waals surface area contributed by atoms with Crippen molar-refractivity contribution >= 4 is 15.9 Å². The third-order valence-corrected chi connectivity index (χ3v) is 3.42. The number of ether oxygens (including phenoxy) is 2. The van der Waals surface area contributed by atoms with Crippen LogP contribution in [0.2, 0.25) is 0 Å². The lowest BCUT2D eigenvalue weighted by molar-refractivity contribution is 0.171. The fraction of sp³-hybridized carbons (Fsp3) is 0.500. The van der Waals surface area contributed by atoms with Gasteiger partial charge in [0.2, 0.25) is 6.79 Å². The average molecular weight is 302 g/mol. The zero-order valence-corrected chi connectivity index (χ0v) is 11.5. The van der Waals surface area contributed by atoms with E-state index in [1.54, 1.807) is 0 Å². The van der Waals surface area contributed by atoms with Crippen molar-refractivity contribution in [2.45, 2.75) is 25.9 Å². The lowest BCUT2D eigenvalue weighted by Gasteiger charge is -2.19. The molecule has 94 valence electrons. The van der Waals surface area contributed by atoms with E-state index in [0.717, 1.165) is 21.3 Å². The van der Waals surface area contributed by atoms with E-state index < -0.39 is 6.10 Å². The molecule has 0 saturated carbocycles. The molecule has 0 aromatic heterocycles. The summed E-state index contributed by atoms with van der Waals surface area (Å²) in [4.78, 5) is 0. The Hall–Kier alpha value is -0.780. The van der Waals surface area contributed by atoms with Crippen molar-refractivity contribution in [2.75, 3.05) is 13.3 Å². The number of hydrogen-bond acceptors (Lipinski definition) is 4. The first-order valence-electron chi connectivity index (χ1n) is 5.56. The molecule has 1 atom stereocenters. The monoisotopic (exact) mass is 301 g/mol. The van der Waals surface area contributed by atoms with Crippen molar-refractivity contribution in [3.8, 4) is 11.5 Å². The van der Waals surface area contributed by atoms with E-state index >= 15 is 0 Å². The minimum atomic E-state index is -0.682. The zero-order valence-electron chi connectivity index (χ0n) is 9.87. The van der Waals surface area contributed by atoms with Crippen LogP contribution in [0.3, 0.4) is 0 Å². The molecule has 3 N–H and O–H groups in total. The van der Waals surface area contributed by atoms with Crippen molar-refractivity contribution in [1.29, 1.82) is 0 Å². The van der Waals surface area contributed by atoms with E-state index in [-0.39, 0.29) is 19.3 Å². The van der Waals surface area contributed by atoms with Gasteiger partial charge in [0.15, 0.2) is 11.5 Å². The van der Waals surface area contributed by atoms with Crippen LogP contribution in [0.4, 0.5) is 0 Å². The molecule has 2 rings (SSSR count). The maximum absolute atomic E-state index is 9.97. The standard InChI is InChI=1S/C12H16BrNO3/c1-6(2)10-7(9(15)4-14)3-8(13)11-12(10)17-5-16-11/h3,6,9,15H,4-5,14H2,1-2H3. The Morgan fingerprint density at radius 2 is 2.06 bits per heavy atom. The summed E-state index contributed by atoms with van der Waals surface area (Å²) in [5.74, 6) is 1.66. The number of benzene rings is 1. The van der Waals surface area contributed by atoms with Gasteiger partial charge in [0, 0.05) is 12.1 Å². The van der Waals surface area contributed by atoms with Crippen molar-refractivity contribution in [3.05, 3.63) is 21.7 Å². The Morgan fingerprint density at radius 1 is 1.41 bits per heavy atom. The molecule has 1 aromatic carbocycles. The Balaban J connectivity index is 2.63. The zero-order chi connectivity index (χ0) is 12.6. The third kappa shape index (κ3) is 2.14. The van der Waals surface area contributed by atoms with Crippen molar-refractivity contribution < 1.29 is 14.6 Å². The maximum atomic E-state index is 9.97. The minimum absolute atomic E-state index is 0.186. The molecule has 0 radical (unpaired) electrons. The van der Waals surface area contributed by atoms with Gasteiger partial charge in [-0.25, -0.2) is 0 Å². The van der Waals surface area contributed by atoms with Crippen molar-refractivity contribution in [1.82, 2.24) is 0 Å². The molecular weight excluding hydrogens is 286 g/mol. The first-order chi connectivity index (χ1) is 8.06. The minimum Gasteiger partial charge on any atom is -0.453 e. The van der Waals surface area contributed by atoms with Gasteiger partial charge in [-0.15, -0.1) is 0 Å². The number of aliphatic hydroxyl groups excluding tert-OH is 1. The summed E-state index contributed by atoms with van der Waals surface area (Å²) < 4.78 is 11.7. The van der Waals surface area contributed by atoms with Gasteiger partial charge >= 0.3 is 0 Å². The molecule has 0 bridgehead atoms. The molecule has 1 unspecified atom stereocenters. The lowest BCUT2D eigenvalue weighted by atomic mass is 9.92. The number of rotatable bonds is 3. The van der Waals surface area contributed by atoms with E-state index in [1.807, 2.05) is 6.07 Å². The Kier molecular flexibility index (Phi) is 3.61. The molecule has 0 fully saturated rings. The largest absolute Gasteiger partial charge is 0.453 e. The molecule has 0 amide bonds. The van der Waals surface area contributed by atoms with E-state index in [1.165, 1.54) is 0 Å². The second-order valence-electron chi connectivity index (χ2n) is 4.33. The van der Waals surface area contributed by atoms with Gasteiger partial charge in [0.25, 0.3) is 0 Å². The average Bonchev–Trinajstić information content (AvgIpc) is 2.76. The van der Waals surface area contributed by atoms with Crippen LogP contribution in [-0.4, -0.2) is 18.4 Å². The number of aliphatic hydroxyl groups is 1. The van der Waals surface area contributed by atoms with Crippen LogP contribution in [-0.2, 0) is 0 Å². The second kappa shape index (κ2) is 4.84. The van der Waals surface area contributed by atoms with Gasteiger partial charge in [-0.3, -0.25) is 0 Å². The summed E-state index contributed by atoms with van der Waals surface area (Å²) in [6.07, 6.45) is -0.682. The Labute approximate surface area is 109 Å². The molecule has 5 heteroatoms. The summed E-state index contributed by atoms with van der Waals surface area (Å²) in [7, 11) is 0. The summed E-state index contributed by atoms with van der Waals surface area (Å²) in [6.45, 7) is 4.51. The first kappa shape index (κ1) is 12.7. The summed E-state index contributed by atoms with van der Waals surface area (Å²) in [5, 5.41) is 9.97. The molecular formula is C12H16BrNO3. The van der Waals surface area contributed by atoms with Gasteiger partial charge in [-0.2, -0.15) is 0 Å². The van der Waals surface area contributed by atoms with Crippen LogP contribution >= 0.6 is 15.9 Å². The summed E-state index contributed by atoms with van der Waals surface area (Å²) in [5.41, 5.74) is 7.31. The van der Waals surface area contributed by atoms with Crippen LogP contribution in [0.1, 0.15) is 37.0 Å². The van der Waals surface area contributed by atoms with Crippen LogP contribution in [0.15, 0.2) is 10.5 Å². The molecule has 0 aliphatic carbocycles. The van der Waals surface area contributed by atoms with Gasteiger partial charge in [0.1, 0.15) is 0 Å². The predicted octanol–water partition coefficient (Wildman–Crippen LogP) is 2.29. The topological polar surface area (TPSA) is 64.7 Å². The molecule has 1 aliphatic rings. The molecule has 17 heavy (non-hydrogen) atoms. The summed E-state index contributed by atoms with van der Waals surface area (Å²) in [6, 6.07) is 1.86. The van der Waals surface area contributed by atoms with Gasteiger partial charge < -0.3 is 20.3 Å². The SMILES string of the molecule is CC(C)c1c(C(O)CN)cc(Br)c2c1OCO2. The van der Waals surface area contributed by atoms with E-state index in [0.29, 0.717) is 5.75 Å². The maximum Gasteiger partial charge on any atom is 0.231 e. The predicted molar refractivity (Wildman–Crippen MR) is 68.4 cm³/mol. The Morgan fingerprint density at radius 3 is 2.65 bits per heavy atom. The van der Waals surface area contributed by atoms with Crippen LogP contribution in [0.5, 0.6) is 11.5 Å². The number of fused-ring (bicyclic) bond motifs is 1. The second-order valence-corrected chi connectivity index (χ2v) is 5.19. The van der Waals surface area contributed by atoms with Gasteiger partial charge in [-0.05, 0) is 33.5 Å². The van der Waals surface area contributed by atoms with Crippen molar-refractivity contribution in [3.63, 3.8) is 0 Å². The first-order valence-corrected chi connectivity index (χ1v) is 6.35. The number of halogens is 1. The van der Waals surface area contributed by atoms with Gasteiger partial charge in [-0.1, -0.05) is 13.8 Å². The highest BCUT2D eigenvalue weighted by molar-refractivity contribution is 9.10. The molecule has 4 nitrogen and oxygen atoms in total. The van der Waals surface area contributed by atoms with E-state index in [4.69, 9.17) is 15.2 Å². The highest BCUT2D eigenvalue weighted by atomic mass is 79.9. The number of hydrogen-bond donors (Lipinski definition) is 2. The molecule has 0 spiro atoms. The normalized spacial score (nSPS) is 15.4. The fourth-order valence-electron chi connectivity index (χ4n) is 2.06. The Bertz CT molecular complexity index is 434. The van der Waals surface area contributed by atoms with E-state index in [9.17, 15) is 5.11 Å². The highest BCUT2D eigenvalue weighted by Gasteiger charge is 2.27. The van der Waals surface area contributed by atoms with E-state index in [2.05, 4.69) is 29.8 Å². The quantitative estimate of drug-likeness (QED) is 0.899. The fourth-order valence-corrected chi connectivity index (χ4v) is 2.61. The van der Waals surface area contributed by atoms with Crippen LogP contribution in [0.25, 0.3) is 0 Å². The third-order valence-electron chi connectivity index (χ3n) is 2.83. The smallest absolute Gasteiger partial charge is 0.231 e. The van der Waals surface area contributed by atoms with Crippen LogP contribution in [0, 0.1) is 0 Å². The molecule has 1 aromatic rings. The number of nitrogens with two attached hydrogens (primary N) is 1. The molecule has 1 heterocycles. The van der Waals surface area contributed by atoms with Crippen LogP contribution < -0.4 is 15.2 Å². The van der Waals surface area contributed by atoms with Crippen molar-refractivity contribution in [2.24, 2.45) is 5.73 Å².